The second-order valence-corrected chi connectivity index (χ2v) is 7.70. The maximum absolute atomic E-state index is 12.9. The first-order valence-corrected chi connectivity index (χ1v) is 9.92. The summed E-state index contributed by atoms with van der Waals surface area (Å²) < 4.78 is 5.91. The van der Waals surface area contributed by atoms with Gasteiger partial charge in [-0.2, -0.15) is 0 Å². The molecule has 1 heterocycles. The lowest BCUT2D eigenvalue weighted by Gasteiger charge is -2.16. The van der Waals surface area contributed by atoms with Crippen molar-refractivity contribution in [3.8, 4) is 5.75 Å². The van der Waals surface area contributed by atoms with Crippen LogP contribution in [0.1, 0.15) is 32.6 Å². The van der Waals surface area contributed by atoms with Gasteiger partial charge in [0.2, 0.25) is 0 Å². The van der Waals surface area contributed by atoms with Crippen LogP contribution in [0.15, 0.2) is 60.7 Å². The Hall–Kier alpha value is -3.31. The van der Waals surface area contributed by atoms with Gasteiger partial charge in [0.1, 0.15) is 12.4 Å². The van der Waals surface area contributed by atoms with Gasteiger partial charge in [-0.3, -0.25) is 9.59 Å². The summed E-state index contributed by atoms with van der Waals surface area (Å²) in [6, 6.07) is 18.4. The number of benzene rings is 3. The average Bonchev–Trinajstić information content (AvgIpc) is 3.06. The molecular weight excluding hydrogens is 402 g/mol. The summed E-state index contributed by atoms with van der Waals surface area (Å²) >= 11 is 6.22. The molecule has 1 N–H and O–H groups in total. The minimum atomic E-state index is -0.918. The van der Waals surface area contributed by atoms with Crippen molar-refractivity contribution in [3.05, 3.63) is 93.5 Å². The summed E-state index contributed by atoms with van der Waals surface area (Å²) in [5.41, 5.74) is 5.11. The smallest absolute Gasteiger partial charge is 0.307 e. The van der Waals surface area contributed by atoms with E-state index in [-0.39, 0.29) is 18.9 Å². The van der Waals surface area contributed by atoms with E-state index in [1.54, 1.807) is 23.1 Å². The highest BCUT2D eigenvalue weighted by Gasteiger charge is 2.30. The fraction of sp³-hybridized carbons (Fsp3) is 0.167. The number of fused-ring (bicyclic) bond motifs is 1. The number of carbonyl (C=O) groups excluding carboxylic acids is 1. The van der Waals surface area contributed by atoms with Crippen molar-refractivity contribution in [1.29, 1.82) is 0 Å². The van der Waals surface area contributed by atoms with Crippen LogP contribution >= 0.6 is 11.6 Å². The Morgan fingerprint density at radius 3 is 2.63 bits per heavy atom. The molecule has 4 rings (SSSR count). The molecule has 0 spiro atoms. The number of aliphatic carboxylic acids is 1. The van der Waals surface area contributed by atoms with Crippen molar-refractivity contribution >= 4 is 29.2 Å². The molecule has 0 aromatic heterocycles. The molecule has 0 bridgehead atoms. The van der Waals surface area contributed by atoms with E-state index in [1.165, 1.54) is 0 Å². The van der Waals surface area contributed by atoms with Gasteiger partial charge < -0.3 is 14.7 Å². The van der Waals surface area contributed by atoms with Gasteiger partial charge in [0.25, 0.3) is 5.91 Å². The number of hydrogen-bond donors (Lipinski definition) is 1. The number of amides is 1. The largest absolute Gasteiger partial charge is 0.487 e. The van der Waals surface area contributed by atoms with Crippen molar-refractivity contribution < 1.29 is 19.4 Å². The predicted octanol–water partition coefficient (Wildman–Crippen LogP) is 5.01. The van der Waals surface area contributed by atoms with Gasteiger partial charge in [0, 0.05) is 11.3 Å². The van der Waals surface area contributed by atoms with Crippen LogP contribution in [0.5, 0.6) is 5.75 Å². The molecule has 3 aromatic carbocycles. The highest BCUT2D eigenvalue weighted by molar-refractivity contribution is 6.32. The van der Waals surface area contributed by atoms with Crippen LogP contribution in [0.4, 0.5) is 5.69 Å². The lowest BCUT2D eigenvalue weighted by Crippen LogP contribution is -2.22. The third-order valence-electron chi connectivity index (χ3n) is 5.14. The Kier molecular flexibility index (Phi) is 5.46. The quantitative estimate of drug-likeness (QED) is 0.607. The van der Waals surface area contributed by atoms with E-state index in [0.717, 1.165) is 22.4 Å². The minimum absolute atomic E-state index is 0.0304. The van der Waals surface area contributed by atoms with E-state index in [2.05, 4.69) is 0 Å². The van der Waals surface area contributed by atoms with Gasteiger partial charge in [-0.25, -0.2) is 0 Å². The van der Waals surface area contributed by atoms with Crippen LogP contribution < -0.4 is 9.64 Å². The first-order valence-electron chi connectivity index (χ1n) is 9.54. The zero-order valence-electron chi connectivity index (χ0n) is 16.4. The molecule has 0 saturated carbocycles. The lowest BCUT2D eigenvalue weighted by atomic mass is 10.0. The van der Waals surface area contributed by atoms with Crippen molar-refractivity contribution in [2.75, 3.05) is 4.90 Å². The molecule has 1 amide bonds. The van der Waals surface area contributed by atoms with E-state index in [9.17, 15) is 9.59 Å². The number of carbonyl (C=O) groups is 2. The van der Waals surface area contributed by atoms with Crippen LogP contribution in [0.3, 0.4) is 0 Å². The Bertz CT molecular complexity index is 1120. The second-order valence-electron chi connectivity index (χ2n) is 7.29. The topological polar surface area (TPSA) is 66.8 Å². The molecule has 0 fully saturated rings. The lowest BCUT2D eigenvalue weighted by molar-refractivity contribution is -0.136. The van der Waals surface area contributed by atoms with Gasteiger partial charge in [0.15, 0.2) is 0 Å². The predicted molar refractivity (Wildman–Crippen MR) is 115 cm³/mol. The van der Waals surface area contributed by atoms with Gasteiger partial charge in [-0.05, 0) is 53.9 Å². The zero-order chi connectivity index (χ0) is 21.3. The third kappa shape index (κ3) is 4.02. The Morgan fingerprint density at radius 1 is 1.13 bits per heavy atom. The molecule has 3 aromatic rings. The minimum Gasteiger partial charge on any atom is -0.487 e. The fourth-order valence-electron chi connectivity index (χ4n) is 3.56. The summed E-state index contributed by atoms with van der Waals surface area (Å²) in [4.78, 5) is 25.6. The third-order valence-corrected chi connectivity index (χ3v) is 5.46. The standard InChI is InChI=1S/C24H20ClNO4/c1-15-5-8-18(9-6-15)26-13-20-17(3-2-4-19(20)24(26)29)14-30-22-11-16(12-23(27)28)7-10-21(22)25/h2-11H,12-14H2,1H3,(H,27,28). The molecule has 0 aliphatic carbocycles. The molecule has 6 heteroatoms. The maximum atomic E-state index is 12.9. The summed E-state index contributed by atoms with van der Waals surface area (Å²) in [7, 11) is 0. The molecule has 30 heavy (non-hydrogen) atoms. The molecule has 5 nitrogen and oxygen atoms in total. The summed E-state index contributed by atoms with van der Waals surface area (Å²) in [6.45, 7) is 2.72. The number of rotatable bonds is 6. The monoisotopic (exact) mass is 421 g/mol. The SMILES string of the molecule is Cc1ccc(N2Cc3c(COc4cc(CC(=O)O)ccc4Cl)cccc3C2=O)cc1. The highest BCUT2D eigenvalue weighted by Crippen LogP contribution is 2.32. The molecule has 152 valence electrons. The number of nitrogens with zero attached hydrogens (tertiary/aromatic N) is 1. The van der Waals surface area contributed by atoms with Gasteiger partial charge in [-0.15, -0.1) is 0 Å². The van der Waals surface area contributed by atoms with Crippen molar-refractivity contribution in [2.45, 2.75) is 26.5 Å². The number of aryl methyl sites for hydroxylation is 1. The maximum Gasteiger partial charge on any atom is 0.307 e. The molecule has 1 aliphatic heterocycles. The van der Waals surface area contributed by atoms with Gasteiger partial charge in [-0.1, -0.05) is 47.5 Å². The fourth-order valence-corrected chi connectivity index (χ4v) is 3.74. The molecule has 0 saturated heterocycles. The Labute approximate surface area is 179 Å². The highest BCUT2D eigenvalue weighted by atomic mass is 35.5. The van der Waals surface area contributed by atoms with Crippen molar-refractivity contribution in [2.24, 2.45) is 0 Å². The Morgan fingerprint density at radius 2 is 1.90 bits per heavy atom. The van der Waals surface area contributed by atoms with E-state index in [0.29, 0.717) is 28.4 Å². The molecule has 0 radical (unpaired) electrons. The molecule has 0 unspecified atom stereocenters. The summed E-state index contributed by atoms with van der Waals surface area (Å²) in [6.07, 6.45) is -0.103. The van der Waals surface area contributed by atoms with E-state index >= 15 is 0 Å². The number of ether oxygens (including phenoxy) is 1. The van der Waals surface area contributed by atoms with E-state index in [4.69, 9.17) is 21.4 Å². The normalized spacial score (nSPS) is 12.7. The summed E-state index contributed by atoms with van der Waals surface area (Å²) in [5, 5.41) is 9.40. The number of carboxylic acids is 1. The van der Waals surface area contributed by atoms with Crippen LogP contribution in [0, 0.1) is 6.92 Å². The number of halogens is 1. The first kappa shape index (κ1) is 20.0. The Balaban J connectivity index is 1.56. The van der Waals surface area contributed by atoms with Crippen molar-refractivity contribution in [1.82, 2.24) is 0 Å². The molecule has 0 atom stereocenters. The second kappa shape index (κ2) is 8.20. The van der Waals surface area contributed by atoms with Crippen LogP contribution in [-0.4, -0.2) is 17.0 Å². The van der Waals surface area contributed by atoms with Gasteiger partial charge in [0.05, 0.1) is 18.0 Å². The van der Waals surface area contributed by atoms with E-state index < -0.39 is 5.97 Å². The number of hydrogen-bond acceptors (Lipinski definition) is 3. The molecule has 1 aliphatic rings. The molecular formula is C24H20ClNO4. The van der Waals surface area contributed by atoms with Crippen LogP contribution in [0.25, 0.3) is 0 Å². The van der Waals surface area contributed by atoms with E-state index in [1.807, 2.05) is 49.4 Å². The van der Waals surface area contributed by atoms with Gasteiger partial charge >= 0.3 is 5.97 Å². The summed E-state index contributed by atoms with van der Waals surface area (Å²) in [5.74, 6) is -0.524. The average molecular weight is 422 g/mol. The number of anilines is 1. The van der Waals surface area contributed by atoms with Crippen molar-refractivity contribution in [3.63, 3.8) is 0 Å². The van der Waals surface area contributed by atoms with Crippen LogP contribution in [0.2, 0.25) is 5.02 Å². The number of carboxylic acid groups (broad SMARTS) is 1. The zero-order valence-corrected chi connectivity index (χ0v) is 17.1. The first-order chi connectivity index (χ1) is 14.4. The van der Waals surface area contributed by atoms with Crippen LogP contribution in [-0.2, 0) is 24.4 Å².